The number of aromatic nitrogens is 1. The Kier molecular flexibility index (Phi) is 7.04. The topological polar surface area (TPSA) is 39.0 Å². The molecule has 2 aromatic rings. The van der Waals surface area contributed by atoms with Crippen molar-refractivity contribution in [1.29, 1.82) is 0 Å². The van der Waals surface area contributed by atoms with E-state index in [-0.39, 0.29) is 11.2 Å². The van der Waals surface area contributed by atoms with Crippen LogP contribution in [0.2, 0.25) is 10.0 Å². The zero-order valence-electron chi connectivity index (χ0n) is 15.6. The number of hydrogen-bond donors (Lipinski definition) is 1. The lowest BCUT2D eigenvalue weighted by molar-refractivity contribution is -0.578. The van der Waals surface area contributed by atoms with Gasteiger partial charge in [-0.05, 0) is 40.5 Å². The summed E-state index contributed by atoms with van der Waals surface area (Å²) in [6.45, 7) is 10.5. The largest absolute Gasteiger partial charge is 0.867 e. The number of nitrogens with one attached hydrogen (secondary N) is 1. The summed E-state index contributed by atoms with van der Waals surface area (Å²) in [7, 11) is 0. The highest BCUT2D eigenvalue weighted by Crippen LogP contribution is 2.27. The molecule has 27 heavy (non-hydrogen) atoms. The zero-order valence-corrected chi connectivity index (χ0v) is 17.9. The van der Waals surface area contributed by atoms with E-state index in [9.17, 15) is 5.11 Å². The lowest BCUT2D eigenvalue weighted by Crippen LogP contribution is -2.42. The number of rotatable bonds is 5. The maximum atomic E-state index is 13.3. The van der Waals surface area contributed by atoms with Gasteiger partial charge >= 0.3 is 0 Å². The molecular formula is C21H22Cl2N2OS. The maximum absolute atomic E-state index is 13.3. The third kappa shape index (κ3) is 5.32. The summed E-state index contributed by atoms with van der Waals surface area (Å²) in [5.41, 5.74) is 1.75. The second-order valence-electron chi connectivity index (χ2n) is 7.04. The third-order valence-corrected chi connectivity index (χ3v) is 4.87. The quantitative estimate of drug-likeness (QED) is 0.256. The summed E-state index contributed by atoms with van der Waals surface area (Å²) in [4.78, 5) is 0.310. The molecule has 2 rings (SSSR count). The summed E-state index contributed by atoms with van der Waals surface area (Å²) < 4.78 is 1.70. The Labute approximate surface area is 175 Å². The molecule has 0 spiro atoms. The van der Waals surface area contributed by atoms with E-state index in [1.54, 1.807) is 28.8 Å². The number of nitrogens with zero attached hydrogens (tertiary/aromatic N) is 1. The van der Waals surface area contributed by atoms with E-state index in [2.05, 4.69) is 32.7 Å². The third-order valence-electron chi connectivity index (χ3n) is 3.96. The minimum absolute atomic E-state index is 0.00112. The van der Waals surface area contributed by atoms with Gasteiger partial charge in [0, 0.05) is 28.7 Å². The van der Waals surface area contributed by atoms with E-state index in [1.807, 2.05) is 24.5 Å². The molecule has 0 aliphatic rings. The van der Waals surface area contributed by atoms with E-state index in [4.69, 9.17) is 35.4 Å². The normalized spacial score (nSPS) is 12.3. The van der Waals surface area contributed by atoms with Crippen molar-refractivity contribution in [1.82, 2.24) is 5.32 Å². The second kappa shape index (κ2) is 8.87. The van der Waals surface area contributed by atoms with Gasteiger partial charge in [-0.1, -0.05) is 62.3 Å². The standard InChI is InChI=1S/C21H22Cl2N2OS/c1-5-10-24-20(27)18(19(26)16-13-15(22)6-7-17(16)23)25-11-8-14(9-12-25)21(2,3)4/h5-9,11-13H,1,10H2,2-4H3,(H-,24,26,27). The van der Waals surface area contributed by atoms with Crippen LogP contribution < -0.4 is 15.0 Å². The van der Waals surface area contributed by atoms with Crippen LogP contribution >= 0.6 is 35.4 Å². The van der Waals surface area contributed by atoms with Crippen LogP contribution in [-0.2, 0) is 5.41 Å². The van der Waals surface area contributed by atoms with Crippen LogP contribution in [0.25, 0.3) is 11.5 Å². The fraction of sp³-hybridized carbons (Fsp3) is 0.238. The maximum Gasteiger partial charge on any atom is 0.238 e. The Balaban J connectivity index is 2.62. The molecule has 1 heterocycles. The van der Waals surface area contributed by atoms with Gasteiger partial charge in [0.2, 0.25) is 5.70 Å². The molecule has 0 atom stereocenters. The monoisotopic (exact) mass is 420 g/mol. The number of benzene rings is 1. The highest BCUT2D eigenvalue weighted by atomic mass is 35.5. The van der Waals surface area contributed by atoms with E-state index in [0.717, 1.165) is 5.56 Å². The van der Waals surface area contributed by atoms with Crippen LogP contribution in [0.15, 0.2) is 55.4 Å². The van der Waals surface area contributed by atoms with Gasteiger partial charge in [0.25, 0.3) is 0 Å². The molecule has 0 fully saturated rings. The van der Waals surface area contributed by atoms with E-state index >= 15 is 0 Å². The highest BCUT2D eigenvalue weighted by Gasteiger charge is 2.21. The van der Waals surface area contributed by atoms with Crippen molar-refractivity contribution in [3.8, 4) is 0 Å². The first-order chi connectivity index (χ1) is 12.6. The summed E-state index contributed by atoms with van der Waals surface area (Å²) in [5, 5.41) is 17.0. The molecule has 1 aromatic heterocycles. The Bertz CT molecular complexity index is 884. The van der Waals surface area contributed by atoms with Gasteiger partial charge in [-0.3, -0.25) is 0 Å². The average Bonchev–Trinajstić information content (AvgIpc) is 2.61. The minimum atomic E-state index is -0.308. The molecule has 0 amide bonds. The predicted molar refractivity (Wildman–Crippen MR) is 116 cm³/mol. The molecule has 0 radical (unpaired) electrons. The fourth-order valence-corrected chi connectivity index (χ4v) is 3.12. The van der Waals surface area contributed by atoms with Crippen LogP contribution in [0.1, 0.15) is 31.9 Å². The van der Waals surface area contributed by atoms with Crippen molar-refractivity contribution in [2.75, 3.05) is 6.54 Å². The number of thiocarbonyl (C=S) groups is 1. The van der Waals surface area contributed by atoms with Gasteiger partial charge in [-0.25, -0.2) is 0 Å². The van der Waals surface area contributed by atoms with Crippen LogP contribution in [0.4, 0.5) is 0 Å². The molecule has 142 valence electrons. The van der Waals surface area contributed by atoms with Crippen molar-refractivity contribution in [3.05, 3.63) is 76.6 Å². The molecule has 6 heteroatoms. The second-order valence-corrected chi connectivity index (χ2v) is 8.30. The lowest BCUT2D eigenvalue weighted by Gasteiger charge is -2.20. The van der Waals surface area contributed by atoms with Crippen molar-refractivity contribution < 1.29 is 9.67 Å². The smallest absolute Gasteiger partial charge is 0.238 e. The SMILES string of the molecule is C=CCNC(=S)/C(=C(\[O-])c1cc(Cl)ccc1Cl)[n+]1ccc(C(C)(C)C)cc1. The molecule has 1 aromatic carbocycles. The molecule has 1 N–H and O–H groups in total. The Morgan fingerprint density at radius 1 is 1.22 bits per heavy atom. The zero-order chi connectivity index (χ0) is 20.2. The van der Waals surface area contributed by atoms with Crippen LogP contribution in [0.3, 0.4) is 0 Å². The number of pyridine rings is 1. The van der Waals surface area contributed by atoms with E-state index < -0.39 is 0 Å². The van der Waals surface area contributed by atoms with Gasteiger partial charge in [-0.2, -0.15) is 4.57 Å². The summed E-state index contributed by atoms with van der Waals surface area (Å²) in [6.07, 6.45) is 5.33. The Hall–Kier alpha value is -1.88. The molecule has 0 bridgehead atoms. The Morgan fingerprint density at radius 2 is 1.85 bits per heavy atom. The predicted octanol–water partition coefficient (Wildman–Crippen LogP) is 4.37. The van der Waals surface area contributed by atoms with Gasteiger partial charge < -0.3 is 10.4 Å². The van der Waals surface area contributed by atoms with E-state index in [0.29, 0.717) is 32.8 Å². The molecule has 0 aliphatic heterocycles. The lowest BCUT2D eigenvalue weighted by atomic mass is 9.88. The first-order valence-electron chi connectivity index (χ1n) is 8.43. The Morgan fingerprint density at radius 3 is 2.41 bits per heavy atom. The minimum Gasteiger partial charge on any atom is -0.867 e. The van der Waals surface area contributed by atoms with Crippen LogP contribution in [0.5, 0.6) is 0 Å². The average molecular weight is 421 g/mol. The first-order valence-corrected chi connectivity index (χ1v) is 9.59. The molecule has 3 nitrogen and oxygen atoms in total. The van der Waals surface area contributed by atoms with Gasteiger partial charge in [-0.15, -0.1) is 6.58 Å². The number of hydrogen-bond acceptors (Lipinski definition) is 2. The van der Waals surface area contributed by atoms with Crippen molar-refractivity contribution in [2.45, 2.75) is 26.2 Å². The van der Waals surface area contributed by atoms with Gasteiger partial charge in [0.15, 0.2) is 17.4 Å². The summed E-state index contributed by atoms with van der Waals surface area (Å²) in [6, 6.07) is 8.74. The van der Waals surface area contributed by atoms with Gasteiger partial charge in [0.05, 0.1) is 0 Å². The first kappa shape index (κ1) is 21.4. The van der Waals surface area contributed by atoms with Crippen LogP contribution in [-0.4, -0.2) is 11.5 Å². The summed E-state index contributed by atoms with van der Waals surface area (Å²) >= 11 is 17.8. The molecule has 0 saturated heterocycles. The van der Waals surface area contributed by atoms with Crippen molar-refractivity contribution in [3.63, 3.8) is 0 Å². The molecular weight excluding hydrogens is 399 g/mol. The molecule has 0 unspecified atom stereocenters. The highest BCUT2D eigenvalue weighted by molar-refractivity contribution is 7.81. The fourth-order valence-electron chi connectivity index (χ4n) is 2.46. The van der Waals surface area contributed by atoms with Gasteiger partial charge in [0.1, 0.15) is 0 Å². The number of halogens is 2. The summed E-state index contributed by atoms with van der Waals surface area (Å²) in [5.74, 6) is -0.308. The molecule has 0 saturated carbocycles. The van der Waals surface area contributed by atoms with Crippen molar-refractivity contribution in [2.24, 2.45) is 0 Å². The van der Waals surface area contributed by atoms with E-state index in [1.165, 1.54) is 0 Å². The van der Waals surface area contributed by atoms with Crippen LogP contribution in [0, 0.1) is 0 Å². The molecule has 0 aliphatic carbocycles. The van der Waals surface area contributed by atoms with Crippen molar-refractivity contribution >= 4 is 51.9 Å².